The van der Waals surface area contributed by atoms with Crippen LogP contribution in [0.2, 0.25) is 0 Å². The average Bonchev–Trinajstić information content (AvgIpc) is 3.11. The van der Waals surface area contributed by atoms with Gasteiger partial charge in [-0.15, -0.1) is 11.8 Å². The van der Waals surface area contributed by atoms with E-state index < -0.39 is 6.17 Å². The first-order chi connectivity index (χ1) is 14.0. The van der Waals surface area contributed by atoms with Crippen LogP contribution in [0, 0.1) is 6.92 Å². The molecule has 1 aromatic carbocycles. The number of hydrogen-bond donors (Lipinski definition) is 1. The number of likely N-dealkylation sites (tertiary alicyclic amines) is 1. The van der Waals surface area contributed by atoms with Gasteiger partial charge in [0.2, 0.25) is 0 Å². The molecule has 1 amide bonds. The fraction of sp³-hybridized carbons (Fsp3) is 0.545. The van der Waals surface area contributed by atoms with E-state index in [9.17, 15) is 9.18 Å². The molecule has 160 valence electrons. The van der Waals surface area contributed by atoms with Crippen LogP contribution in [0.25, 0.3) is 0 Å². The van der Waals surface area contributed by atoms with Crippen molar-refractivity contribution in [2.24, 2.45) is 4.99 Å². The summed E-state index contributed by atoms with van der Waals surface area (Å²) in [7, 11) is 0. The minimum absolute atomic E-state index is 0.262. The highest BCUT2D eigenvalue weighted by Crippen LogP contribution is 2.21. The molecule has 1 saturated heterocycles. The van der Waals surface area contributed by atoms with Gasteiger partial charge in [0.25, 0.3) is 5.91 Å². The van der Waals surface area contributed by atoms with Crippen molar-refractivity contribution in [3.63, 3.8) is 0 Å². The maximum atomic E-state index is 13.4. The quantitative estimate of drug-likeness (QED) is 0.327. The van der Waals surface area contributed by atoms with Gasteiger partial charge in [-0.05, 0) is 56.8 Å². The third kappa shape index (κ3) is 7.57. The standard InChI is InChI=1S/C22H33FN4OS/c1-5-10-26(6-2)16-29-15-21(24-4)22(28)25-20-8-7-18(12-17(20)3)13-27-11-9-19(23)14-27/h7-8,12,15,19H,4-6,9-11,13-14,16H2,1-3H3,(H,25,28)/b21-15-/t19-/m0/s1. The van der Waals surface area contributed by atoms with Crippen LogP contribution in [0.1, 0.15) is 37.8 Å². The van der Waals surface area contributed by atoms with Crippen molar-refractivity contribution in [1.82, 2.24) is 9.80 Å². The monoisotopic (exact) mass is 420 g/mol. The Kier molecular flexibility index (Phi) is 9.84. The van der Waals surface area contributed by atoms with Crippen molar-refractivity contribution in [1.29, 1.82) is 0 Å². The van der Waals surface area contributed by atoms with Crippen LogP contribution < -0.4 is 5.32 Å². The van der Waals surface area contributed by atoms with Gasteiger partial charge >= 0.3 is 0 Å². The maximum Gasteiger partial charge on any atom is 0.274 e. The van der Waals surface area contributed by atoms with E-state index in [4.69, 9.17) is 0 Å². The molecule has 0 radical (unpaired) electrons. The van der Waals surface area contributed by atoms with Crippen molar-refractivity contribution in [3.8, 4) is 0 Å². The zero-order chi connectivity index (χ0) is 21.2. The first-order valence-electron chi connectivity index (χ1n) is 10.2. The molecule has 5 nitrogen and oxygen atoms in total. The molecular formula is C22H33FN4OS. The molecule has 1 atom stereocenters. The number of nitrogens with zero attached hydrogens (tertiary/aromatic N) is 3. The van der Waals surface area contributed by atoms with Crippen molar-refractivity contribution >= 4 is 30.1 Å². The zero-order valence-corrected chi connectivity index (χ0v) is 18.6. The second kappa shape index (κ2) is 12.1. The third-order valence-corrected chi connectivity index (χ3v) is 5.91. The number of carbonyl (C=O) groups is 1. The second-order valence-corrected chi connectivity index (χ2v) is 8.22. The molecule has 29 heavy (non-hydrogen) atoms. The van der Waals surface area contributed by atoms with Crippen molar-refractivity contribution in [3.05, 3.63) is 40.4 Å². The minimum Gasteiger partial charge on any atom is -0.320 e. The topological polar surface area (TPSA) is 47.9 Å². The van der Waals surface area contributed by atoms with Crippen LogP contribution in [0.5, 0.6) is 0 Å². The first-order valence-corrected chi connectivity index (χ1v) is 11.3. The van der Waals surface area contributed by atoms with Gasteiger partial charge in [0.15, 0.2) is 0 Å². The maximum absolute atomic E-state index is 13.4. The van der Waals surface area contributed by atoms with Crippen LogP contribution in [0.15, 0.2) is 34.3 Å². The van der Waals surface area contributed by atoms with E-state index in [1.807, 2.05) is 25.1 Å². The Labute approximate surface area is 178 Å². The summed E-state index contributed by atoms with van der Waals surface area (Å²) in [5.74, 6) is 0.558. The highest BCUT2D eigenvalue weighted by molar-refractivity contribution is 8.02. The predicted octanol–water partition coefficient (Wildman–Crippen LogP) is 4.44. The molecular weight excluding hydrogens is 387 g/mol. The normalized spacial score (nSPS) is 17.7. The largest absolute Gasteiger partial charge is 0.320 e. The molecule has 2 rings (SSSR count). The van der Waals surface area contributed by atoms with Crippen LogP contribution in [0.4, 0.5) is 10.1 Å². The molecule has 1 fully saturated rings. The molecule has 0 aromatic heterocycles. The summed E-state index contributed by atoms with van der Waals surface area (Å²) in [6.07, 6.45) is 1.01. The number of hydrogen-bond acceptors (Lipinski definition) is 5. The van der Waals surface area contributed by atoms with Crippen molar-refractivity contribution in [2.75, 3.05) is 37.4 Å². The number of rotatable bonds is 11. The molecule has 0 unspecified atom stereocenters. The molecule has 0 spiro atoms. The van der Waals surface area contributed by atoms with Crippen LogP contribution in [-0.4, -0.2) is 60.7 Å². The second-order valence-electron chi connectivity index (χ2n) is 7.39. The molecule has 1 aliphatic rings. The fourth-order valence-corrected chi connectivity index (χ4v) is 4.29. The Hall–Kier alpha value is -1.70. The Morgan fingerprint density at radius 3 is 2.86 bits per heavy atom. The summed E-state index contributed by atoms with van der Waals surface area (Å²) in [6.45, 7) is 13.8. The van der Waals surface area contributed by atoms with E-state index in [2.05, 4.69) is 40.7 Å². The molecule has 1 heterocycles. The summed E-state index contributed by atoms with van der Waals surface area (Å²) in [4.78, 5) is 20.9. The lowest BCUT2D eigenvalue weighted by Crippen LogP contribution is -2.23. The van der Waals surface area contributed by atoms with Gasteiger partial charge in [0, 0.05) is 36.6 Å². The summed E-state index contributed by atoms with van der Waals surface area (Å²) >= 11 is 1.56. The van der Waals surface area contributed by atoms with Crippen LogP contribution in [-0.2, 0) is 11.3 Å². The zero-order valence-electron chi connectivity index (χ0n) is 17.8. The smallest absolute Gasteiger partial charge is 0.274 e. The lowest BCUT2D eigenvalue weighted by molar-refractivity contribution is -0.112. The summed E-state index contributed by atoms with van der Waals surface area (Å²) in [5.41, 5.74) is 3.17. The van der Waals surface area contributed by atoms with Gasteiger partial charge in [0.05, 0.1) is 0 Å². The Bertz CT molecular complexity index is 725. The number of aryl methyl sites for hydroxylation is 1. The van der Waals surface area contributed by atoms with E-state index >= 15 is 0 Å². The minimum atomic E-state index is -0.712. The molecule has 1 aromatic rings. The van der Waals surface area contributed by atoms with E-state index in [1.165, 1.54) is 0 Å². The van der Waals surface area contributed by atoms with Gasteiger partial charge in [-0.3, -0.25) is 19.6 Å². The van der Waals surface area contributed by atoms with E-state index in [0.717, 1.165) is 55.3 Å². The number of thioether (sulfide) groups is 1. The van der Waals surface area contributed by atoms with Gasteiger partial charge < -0.3 is 5.32 Å². The van der Waals surface area contributed by atoms with Gasteiger partial charge in [-0.1, -0.05) is 26.0 Å². The number of halogens is 1. The summed E-state index contributed by atoms with van der Waals surface area (Å²) in [6, 6.07) is 5.93. The lowest BCUT2D eigenvalue weighted by Gasteiger charge is -2.18. The van der Waals surface area contributed by atoms with Crippen LogP contribution in [0.3, 0.4) is 0 Å². The van der Waals surface area contributed by atoms with Gasteiger partial charge in [-0.2, -0.15) is 0 Å². The van der Waals surface area contributed by atoms with Crippen LogP contribution >= 0.6 is 11.8 Å². The SMILES string of the molecule is C=N/C(=C\SCN(CC)CCC)C(=O)Nc1ccc(CN2CC[C@H](F)C2)cc1C. The number of carbonyl (C=O) groups excluding carboxylic acids is 1. The highest BCUT2D eigenvalue weighted by atomic mass is 32.2. The lowest BCUT2D eigenvalue weighted by atomic mass is 10.1. The number of nitrogens with one attached hydrogen (secondary N) is 1. The predicted molar refractivity (Wildman–Crippen MR) is 122 cm³/mol. The number of aliphatic imine (C=N–C) groups is 1. The van der Waals surface area contributed by atoms with E-state index in [-0.39, 0.29) is 5.91 Å². The average molecular weight is 421 g/mol. The Morgan fingerprint density at radius 1 is 1.48 bits per heavy atom. The van der Waals surface area contributed by atoms with Crippen molar-refractivity contribution in [2.45, 2.75) is 46.3 Å². The third-order valence-electron chi connectivity index (χ3n) is 5.00. The molecule has 0 aliphatic carbocycles. The Balaban J connectivity index is 1.93. The summed E-state index contributed by atoms with van der Waals surface area (Å²) < 4.78 is 13.4. The summed E-state index contributed by atoms with van der Waals surface area (Å²) in [5, 5.41) is 4.69. The molecule has 1 N–H and O–H groups in total. The van der Waals surface area contributed by atoms with E-state index in [1.54, 1.807) is 17.2 Å². The molecule has 7 heteroatoms. The number of alkyl halides is 1. The molecule has 0 bridgehead atoms. The van der Waals surface area contributed by atoms with Gasteiger partial charge in [0.1, 0.15) is 11.9 Å². The Morgan fingerprint density at radius 2 is 2.28 bits per heavy atom. The number of amides is 1. The number of anilines is 1. The van der Waals surface area contributed by atoms with Gasteiger partial charge in [-0.25, -0.2) is 4.39 Å². The first kappa shape index (κ1) is 23.6. The molecule has 0 saturated carbocycles. The number of benzene rings is 1. The van der Waals surface area contributed by atoms with E-state index in [0.29, 0.717) is 18.7 Å². The fourth-order valence-electron chi connectivity index (χ4n) is 3.35. The highest BCUT2D eigenvalue weighted by Gasteiger charge is 2.21. The van der Waals surface area contributed by atoms with Crippen molar-refractivity contribution < 1.29 is 9.18 Å². The molecule has 1 aliphatic heterocycles.